The minimum Gasteiger partial charge on any atom is -0.507 e. The van der Waals surface area contributed by atoms with E-state index in [1.165, 1.54) is 0 Å². The van der Waals surface area contributed by atoms with E-state index < -0.39 is 28.9 Å². The van der Waals surface area contributed by atoms with Gasteiger partial charge in [-0.2, -0.15) is 13.2 Å². The van der Waals surface area contributed by atoms with Crippen LogP contribution in [0.25, 0.3) is 0 Å². The average molecular weight is 309 g/mol. The molecule has 0 saturated heterocycles. The number of alkyl halides is 3. The van der Waals surface area contributed by atoms with Crippen LogP contribution in [-0.4, -0.2) is 16.2 Å². The summed E-state index contributed by atoms with van der Waals surface area (Å²) < 4.78 is 38.6. The summed E-state index contributed by atoms with van der Waals surface area (Å²) in [5.41, 5.74) is -3.04. The van der Waals surface area contributed by atoms with E-state index >= 15 is 0 Å². The van der Waals surface area contributed by atoms with Crippen LogP contribution in [0, 0.1) is 0 Å². The fraction of sp³-hybridized carbons (Fsp3) is 0.462. The summed E-state index contributed by atoms with van der Waals surface area (Å²) in [6.45, 7) is 0. The van der Waals surface area contributed by atoms with Crippen LogP contribution in [0.2, 0.25) is 5.02 Å². The van der Waals surface area contributed by atoms with Crippen LogP contribution >= 0.6 is 11.6 Å². The summed E-state index contributed by atoms with van der Waals surface area (Å²) >= 11 is 5.67. The second kappa shape index (κ2) is 4.84. The third kappa shape index (κ3) is 2.32. The molecule has 110 valence electrons. The maximum Gasteiger partial charge on any atom is 0.420 e. The first-order valence-electron chi connectivity index (χ1n) is 6.02. The van der Waals surface area contributed by atoms with Gasteiger partial charge in [0.1, 0.15) is 5.75 Å². The summed E-state index contributed by atoms with van der Waals surface area (Å²) in [6.07, 6.45) is -3.25. The molecule has 7 heteroatoms. The normalized spacial score (nSPS) is 18.2. The molecule has 0 radical (unpaired) electrons. The number of carboxylic acid groups (broad SMARTS) is 1. The van der Waals surface area contributed by atoms with Crippen LogP contribution in [0.1, 0.15) is 36.8 Å². The van der Waals surface area contributed by atoms with E-state index in [-0.39, 0.29) is 23.4 Å². The van der Waals surface area contributed by atoms with Gasteiger partial charge in [0.05, 0.1) is 11.0 Å². The van der Waals surface area contributed by atoms with Gasteiger partial charge in [0.15, 0.2) is 0 Å². The molecule has 1 aromatic rings. The maximum atomic E-state index is 12.9. The molecule has 20 heavy (non-hydrogen) atoms. The van der Waals surface area contributed by atoms with Crippen molar-refractivity contribution < 1.29 is 28.2 Å². The number of benzene rings is 1. The third-order valence-electron chi connectivity index (χ3n) is 3.76. The molecule has 1 fully saturated rings. The zero-order valence-corrected chi connectivity index (χ0v) is 11.1. The van der Waals surface area contributed by atoms with Crippen LogP contribution in [0.15, 0.2) is 12.1 Å². The van der Waals surface area contributed by atoms with Crippen LogP contribution in [0.5, 0.6) is 5.75 Å². The summed E-state index contributed by atoms with van der Waals surface area (Å²) in [6, 6.07) is 1.72. The van der Waals surface area contributed by atoms with Crippen LogP contribution < -0.4 is 0 Å². The summed E-state index contributed by atoms with van der Waals surface area (Å²) in [7, 11) is 0. The Labute approximate surface area is 118 Å². The van der Waals surface area contributed by atoms with Crippen molar-refractivity contribution in [2.75, 3.05) is 0 Å². The number of hydrogen-bond acceptors (Lipinski definition) is 2. The van der Waals surface area contributed by atoms with E-state index in [4.69, 9.17) is 11.6 Å². The number of aliphatic carboxylic acids is 1. The van der Waals surface area contributed by atoms with Crippen molar-refractivity contribution >= 4 is 17.6 Å². The minimum atomic E-state index is -4.79. The topological polar surface area (TPSA) is 57.5 Å². The van der Waals surface area contributed by atoms with E-state index in [0.717, 1.165) is 6.07 Å². The molecule has 0 aromatic heterocycles. The van der Waals surface area contributed by atoms with Gasteiger partial charge < -0.3 is 10.2 Å². The number of carboxylic acids is 1. The predicted octanol–water partition coefficient (Wildman–Crippen LogP) is 3.96. The van der Waals surface area contributed by atoms with Crippen molar-refractivity contribution in [3.05, 3.63) is 28.3 Å². The number of phenols is 1. The van der Waals surface area contributed by atoms with Crippen molar-refractivity contribution in [3.63, 3.8) is 0 Å². The quantitative estimate of drug-likeness (QED) is 0.869. The van der Waals surface area contributed by atoms with Gasteiger partial charge in [-0.05, 0) is 25.0 Å². The lowest BCUT2D eigenvalue weighted by Gasteiger charge is -2.26. The van der Waals surface area contributed by atoms with E-state index in [0.29, 0.717) is 18.9 Å². The molecule has 0 heterocycles. The highest BCUT2D eigenvalue weighted by molar-refractivity contribution is 6.30. The second-order valence-corrected chi connectivity index (χ2v) is 5.38. The molecule has 0 atom stereocenters. The van der Waals surface area contributed by atoms with Gasteiger partial charge in [-0.25, -0.2) is 0 Å². The molecule has 0 spiro atoms. The maximum absolute atomic E-state index is 12.9. The van der Waals surface area contributed by atoms with Crippen LogP contribution in [0.3, 0.4) is 0 Å². The Bertz CT molecular complexity index is 549. The standard InChI is InChI=1S/C13H12ClF3O3/c14-7-5-8(10(18)9(6-7)13(15,16)17)12(11(19)20)3-1-2-4-12/h5-6,18H,1-4H2,(H,19,20). The lowest BCUT2D eigenvalue weighted by Crippen LogP contribution is -2.33. The second-order valence-electron chi connectivity index (χ2n) is 4.94. The van der Waals surface area contributed by atoms with Crippen LogP contribution in [-0.2, 0) is 16.4 Å². The van der Waals surface area contributed by atoms with Gasteiger partial charge in [-0.15, -0.1) is 0 Å². The number of carbonyl (C=O) groups is 1. The molecule has 3 nitrogen and oxygen atoms in total. The molecule has 0 unspecified atom stereocenters. The van der Waals surface area contributed by atoms with E-state index in [1.807, 2.05) is 0 Å². The van der Waals surface area contributed by atoms with Crippen molar-refractivity contribution in [3.8, 4) is 5.75 Å². The van der Waals surface area contributed by atoms with E-state index in [1.54, 1.807) is 0 Å². The van der Waals surface area contributed by atoms with E-state index in [9.17, 15) is 28.2 Å². The van der Waals surface area contributed by atoms with Crippen molar-refractivity contribution in [2.24, 2.45) is 0 Å². The Balaban J connectivity index is 2.68. The van der Waals surface area contributed by atoms with Crippen molar-refractivity contribution in [1.82, 2.24) is 0 Å². The molecule has 1 aliphatic carbocycles. The number of aromatic hydroxyl groups is 1. The first-order chi connectivity index (χ1) is 9.18. The Morgan fingerprint density at radius 1 is 1.25 bits per heavy atom. The fourth-order valence-electron chi connectivity index (χ4n) is 2.76. The van der Waals surface area contributed by atoms with Gasteiger partial charge in [0.25, 0.3) is 0 Å². The Kier molecular flexibility index (Phi) is 3.62. The van der Waals surface area contributed by atoms with Crippen molar-refractivity contribution in [1.29, 1.82) is 0 Å². The largest absolute Gasteiger partial charge is 0.507 e. The minimum absolute atomic E-state index is 0.188. The van der Waals surface area contributed by atoms with Crippen molar-refractivity contribution in [2.45, 2.75) is 37.3 Å². The SMILES string of the molecule is O=C(O)C1(c2cc(Cl)cc(C(F)(F)F)c2O)CCCC1. The zero-order chi connectivity index (χ0) is 15.1. The summed E-state index contributed by atoms with van der Waals surface area (Å²) in [4.78, 5) is 11.5. The van der Waals surface area contributed by atoms with E-state index in [2.05, 4.69) is 0 Å². The smallest absolute Gasteiger partial charge is 0.420 e. The molecule has 1 aliphatic rings. The zero-order valence-electron chi connectivity index (χ0n) is 10.3. The molecule has 1 saturated carbocycles. The number of rotatable bonds is 2. The van der Waals surface area contributed by atoms with Gasteiger partial charge in [0, 0.05) is 10.6 Å². The first-order valence-corrected chi connectivity index (χ1v) is 6.40. The van der Waals surface area contributed by atoms with Gasteiger partial charge in [-0.1, -0.05) is 24.4 Å². The highest BCUT2D eigenvalue weighted by Crippen LogP contribution is 2.49. The summed E-state index contributed by atoms with van der Waals surface area (Å²) in [5, 5.41) is 19.0. The molecular formula is C13H12ClF3O3. The van der Waals surface area contributed by atoms with Crippen LogP contribution in [0.4, 0.5) is 13.2 Å². The number of hydrogen-bond donors (Lipinski definition) is 2. The number of halogens is 4. The lowest BCUT2D eigenvalue weighted by molar-refractivity contribution is -0.144. The Morgan fingerprint density at radius 3 is 2.25 bits per heavy atom. The number of phenolic OH excluding ortho intramolecular Hbond substituents is 1. The molecule has 0 aliphatic heterocycles. The summed E-state index contributed by atoms with van der Waals surface area (Å²) in [5.74, 6) is -2.27. The molecule has 0 bridgehead atoms. The third-order valence-corrected chi connectivity index (χ3v) is 3.98. The molecular weight excluding hydrogens is 297 g/mol. The Morgan fingerprint density at radius 2 is 1.80 bits per heavy atom. The predicted molar refractivity (Wildman–Crippen MR) is 65.9 cm³/mol. The van der Waals surface area contributed by atoms with Gasteiger partial charge in [-0.3, -0.25) is 4.79 Å². The van der Waals surface area contributed by atoms with Gasteiger partial charge >= 0.3 is 12.1 Å². The lowest BCUT2D eigenvalue weighted by atomic mass is 9.77. The fourth-order valence-corrected chi connectivity index (χ4v) is 2.98. The highest BCUT2D eigenvalue weighted by atomic mass is 35.5. The highest BCUT2D eigenvalue weighted by Gasteiger charge is 2.47. The van der Waals surface area contributed by atoms with Gasteiger partial charge in [0.2, 0.25) is 0 Å². The average Bonchev–Trinajstić information content (AvgIpc) is 2.80. The monoisotopic (exact) mass is 308 g/mol. The Hall–Kier alpha value is -1.43. The molecule has 0 amide bonds. The first kappa shape index (κ1) is 15.0. The molecule has 2 rings (SSSR count). The molecule has 2 N–H and O–H groups in total. The molecule has 1 aromatic carbocycles.